The van der Waals surface area contributed by atoms with Gasteiger partial charge in [0, 0.05) is 23.0 Å². The molecule has 0 aliphatic heterocycles. The number of carbonyl (C=O) groups is 3. The van der Waals surface area contributed by atoms with E-state index in [1.165, 1.54) is 42.0 Å². The molecule has 0 atom stereocenters. The van der Waals surface area contributed by atoms with Gasteiger partial charge in [0.2, 0.25) is 17.7 Å². The predicted octanol–water partition coefficient (Wildman–Crippen LogP) is 3.97. The van der Waals surface area contributed by atoms with Gasteiger partial charge in [-0.3, -0.25) is 14.4 Å². The van der Waals surface area contributed by atoms with Crippen LogP contribution >= 0.6 is 11.3 Å². The standard InChI is InChI=1S/C23H27FN4O3S/c24-16-6-8-17(9-7-16)25-20(29)12-18-14-32-23(26-18)27-21(30)13-28(19-10-11-19)22(31)15-4-2-1-3-5-15/h6-9,14-15,19H,1-5,10-13H2,(H,25,29)(H,26,27,30). The Bertz CT molecular complexity index is 968. The third-order valence-corrected chi connectivity index (χ3v) is 6.61. The van der Waals surface area contributed by atoms with Crippen molar-refractivity contribution in [3.05, 3.63) is 41.2 Å². The molecule has 2 N–H and O–H groups in total. The lowest BCUT2D eigenvalue weighted by molar-refractivity contribution is -0.139. The van der Waals surface area contributed by atoms with Crippen LogP contribution in [0.25, 0.3) is 0 Å². The second-order valence-electron chi connectivity index (χ2n) is 8.46. The zero-order valence-electron chi connectivity index (χ0n) is 17.8. The first kappa shape index (κ1) is 22.4. The highest BCUT2D eigenvalue weighted by atomic mass is 32.1. The molecular weight excluding hydrogens is 431 g/mol. The highest BCUT2D eigenvalue weighted by Crippen LogP contribution is 2.32. The largest absolute Gasteiger partial charge is 0.330 e. The molecule has 0 unspecified atom stereocenters. The molecule has 7 nitrogen and oxygen atoms in total. The van der Waals surface area contributed by atoms with Gasteiger partial charge in [-0.05, 0) is 49.9 Å². The molecule has 0 bridgehead atoms. The van der Waals surface area contributed by atoms with E-state index in [9.17, 15) is 18.8 Å². The van der Waals surface area contributed by atoms with E-state index in [2.05, 4.69) is 15.6 Å². The van der Waals surface area contributed by atoms with Crippen molar-refractivity contribution in [2.45, 2.75) is 57.4 Å². The van der Waals surface area contributed by atoms with Gasteiger partial charge in [0.05, 0.1) is 12.1 Å². The van der Waals surface area contributed by atoms with Crippen LogP contribution in [0.5, 0.6) is 0 Å². The van der Waals surface area contributed by atoms with Crippen LogP contribution in [-0.4, -0.2) is 40.2 Å². The van der Waals surface area contributed by atoms with Gasteiger partial charge < -0.3 is 15.5 Å². The molecule has 0 spiro atoms. The zero-order valence-corrected chi connectivity index (χ0v) is 18.6. The molecule has 3 amide bonds. The van der Waals surface area contributed by atoms with Crippen molar-refractivity contribution in [3.8, 4) is 0 Å². The number of hydrogen-bond acceptors (Lipinski definition) is 5. The second kappa shape index (κ2) is 10.2. The van der Waals surface area contributed by atoms with Gasteiger partial charge in [0.25, 0.3) is 0 Å². The average Bonchev–Trinajstić information content (AvgIpc) is 3.54. The van der Waals surface area contributed by atoms with E-state index in [-0.39, 0.29) is 48.5 Å². The zero-order chi connectivity index (χ0) is 22.5. The fourth-order valence-electron chi connectivity index (χ4n) is 4.02. The summed E-state index contributed by atoms with van der Waals surface area (Å²) in [5, 5.41) is 7.57. The Morgan fingerprint density at radius 2 is 1.72 bits per heavy atom. The minimum atomic E-state index is -0.372. The molecule has 170 valence electrons. The number of benzene rings is 1. The van der Waals surface area contributed by atoms with Crippen LogP contribution in [0.15, 0.2) is 29.6 Å². The lowest BCUT2D eigenvalue weighted by Crippen LogP contribution is -2.43. The summed E-state index contributed by atoms with van der Waals surface area (Å²) in [5.41, 5.74) is 1.03. The Morgan fingerprint density at radius 1 is 1.00 bits per heavy atom. The highest BCUT2D eigenvalue weighted by molar-refractivity contribution is 7.13. The number of amides is 3. The molecule has 32 heavy (non-hydrogen) atoms. The SMILES string of the molecule is O=C(Cc1csc(NC(=O)CN(C(=O)C2CCCCC2)C2CC2)n1)Nc1ccc(F)cc1. The number of nitrogens with zero attached hydrogens (tertiary/aromatic N) is 2. The van der Waals surface area contributed by atoms with Crippen molar-refractivity contribution >= 4 is 39.9 Å². The monoisotopic (exact) mass is 458 g/mol. The van der Waals surface area contributed by atoms with E-state index >= 15 is 0 Å². The molecule has 2 aliphatic rings. The summed E-state index contributed by atoms with van der Waals surface area (Å²) in [6.45, 7) is 0.0416. The van der Waals surface area contributed by atoms with Gasteiger partial charge >= 0.3 is 0 Å². The predicted molar refractivity (Wildman–Crippen MR) is 121 cm³/mol. The number of rotatable bonds is 8. The smallest absolute Gasteiger partial charge is 0.245 e. The lowest BCUT2D eigenvalue weighted by Gasteiger charge is -2.28. The number of anilines is 2. The van der Waals surface area contributed by atoms with E-state index < -0.39 is 0 Å². The minimum Gasteiger partial charge on any atom is -0.330 e. The molecule has 9 heteroatoms. The fraction of sp³-hybridized carbons (Fsp3) is 0.478. The first-order valence-corrected chi connectivity index (χ1v) is 12.0. The molecule has 1 aromatic heterocycles. The van der Waals surface area contributed by atoms with Gasteiger partial charge in [0.15, 0.2) is 5.13 Å². The average molecular weight is 459 g/mol. The molecule has 1 heterocycles. The maximum absolute atomic E-state index is 13.0. The Kier molecular flexibility index (Phi) is 7.14. The van der Waals surface area contributed by atoms with E-state index in [1.807, 2.05) is 0 Å². The third kappa shape index (κ3) is 6.12. The molecular formula is C23H27FN4O3S. The first-order chi connectivity index (χ1) is 15.5. The number of aromatic nitrogens is 1. The summed E-state index contributed by atoms with van der Waals surface area (Å²) >= 11 is 1.24. The van der Waals surface area contributed by atoms with Gasteiger partial charge in [-0.25, -0.2) is 9.37 Å². The van der Waals surface area contributed by atoms with Crippen LogP contribution in [0.4, 0.5) is 15.2 Å². The van der Waals surface area contributed by atoms with Gasteiger partial charge in [-0.2, -0.15) is 0 Å². The van der Waals surface area contributed by atoms with Crippen molar-refractivity contribution < 1.29 is 18.8 Å². The van der Waals surface area contributed by atoms with Crippen LogP contribution in [0.2, 0.25) is 0 Å². The molecule has 0 saturated heterocycles. The van der Waals surface area contributed by atoms with Crippen molar-refractivity contribution in [2.24, 2.45) is 5.92 Å². The topological polar surface area (TPSA) is 91.4 Å². The van der Waals surface area contributed by atoms with Crippen LogP contribution < -0.4 is 10.6 Å². The number of halogens is 1. The summed E-state index contributed by atoms with van der Waals surface area (Å²) in [5.74, 6) is -0.762. The number of hydrogen-bond donors (Lipinski definition) is 2. The molecule has 2 aliphatic carbocycles. The first-order valence-electron chi connectivity index (χ1n) is 11.1. The quantitative estimate of drug-likeness (QED) is 0.626. The minimum absolute atomic E-state index is 0.0398. The number of nitrogens with one attached hydrogen (secondary N) is 2. The summed E-state index contributed by atoms with van der Waals surface area (Å²) in [7, 11) is 0. The van der Waals surface area contributed by atoms with Crippen LogP contribution in [0.3, 0.4) is 0 Å². The summed E-state index contributed by atoms with van der Waals surface area (Å²) in [6.07, 6.45) is 7.13. The third-order valence-electron chi connectivity index (χ3n) is 5.81. The second-order valence-corrected chi connectivity index (χ2v) is 9.31. The molecule has 2 fully saturated rings. The molecule has 1 aromatic carbocycles. The van der Waals surface area contributed by atoms with Crippen molar-refractivity contribution in [1.82, 2.24) is 9.88 Å². The summed E-state index contributed by atoms with van der Waals surface area (Å²) in [6, 6.07) is 5.70. The highest BCUT2D eigenvalue weighted by Gasteiger charge is 2.37. The summed E-state index contributed by atoms with van der Waals surface area (Å²) < 4.78 is 13.0. The number of thiazole rings is 1. The fourth-order valence-corrected chi connectivity index (χ4v) is 4.75. The van der Waals surface area contributed by atoms with E-state index in [1.54, 1.807) is 10.3 Å². The van der Waals surface area contributed by atoms with Gasteiger partial charge in [0.1, 0.15) is 12.4 Å². The Morgan fingerprint density at radius 3 is 2.41 bits per heavy atom. The van der Waals surface area contributed by atoms with Crippen molar-refractivity contribution in [3.63, 3.8) is 0 Å². The Labute approximate surface area is 190 Å². The van der Waals surface area contributed by atoms with Gasteiger partial charge in [-0.15, -0.1) is 11.3 Å². The Balaban J connectivity index is 1.28. The maximum Gasteiger partial charge on any atom is 0.245 e. The van der Waals surface area contributed by atoms with Crippen LogP contribution in [0.1, 0.15) is 50.6 Å². The molecule has 2 saturated carbocycles. The molecule has 0 radical (unpaired) electrons. The number of carbonyl (C=O) groups excluding carboxylic acids is 3. The van der Waals surface area contributed by atoms with E-state index in [0.29, 0.717) is 16.5 Å². The Hall–Kier alpha value is -2.81. The molecule has 2 aromatic rings. The van der Waals surface area contributed by atoms with Crippen LogP contribution in [-0.2, 0) is 20.8 Å². The van der Waals surface area contributed by atoms with Crippen molar-refractivity contribution in [2.75, 3.05) is 17.2 Å². The molecule has 4 rings (SSSR count). The van der Waals surface area contributed by atoms with Gasteiger partial charge in [-0.1, -0.05) is 19.3 Å². The van der Waals surface area contributed by atoms with E-state index in [0.717, 1.165) is 38.5 Å². The normalized spacial score (nSPS) is 16.4. The van der Waals surface area contributed by atoms with E-state index in [4.69, 9.17) is 0 Å². The summed E-state index contributed by atoms with van der Waals surface area (Å²) in [4.78, 5) is 43.8. The maximum atomic E-state index is 13.0. The van der Waals surface area contributed by atoms with Crippen LogP contribution in [0, 0.1) is 11.7 Å². The lowest BCUT2D eigenvalue weighted by atomic mass is 9.88. The van der Waals surface area contributed by atoms with Crippen molar-refractivity contribution in [1.29, 1.82) is 0 Å².